The fourth-order valence-corrected chi connectivity index (χ4v) is 4.30. The minimum absolute atomic E-state index is 0.291. The number of amides is 1. The first-order chi connectivity index (χ1) is 12.6. The number of carbonyl (C=O) groups is 1. The van der Waals surface area contributed by atoms with Gasteiger partial charge in [0.25, 0.3) is 5.91 Å². The lowest BCUT2D eigenvalue weighted by molar-refractivity contribution is 0.0991. The third-order valence-electron chi connectivity index (χ3n) is 3.53. The van der Waals surface area contributed by atoms with E-state index in [4.69, 9.17) is 16.0 Å². The number of furan rings is 1. The summed E-state index contributed by atoms with van der Waals surface area (Å²) in [5, 5.41) is 6.09. The van der Waals surface area contributed by atoms with Gasteiger partial charge in [-0.05, 0) is 48.9 Å². The molecule has 4 aromatic rings. The summed E-state index contributed by atoms with van der Waals surface area (Å²) in [6.07, 6.45) is 3.04. The average Bonchev–Trinajstić information content (AvgIpc) is 3.35. The predicted molar refractivity (Wildman–Crippen MR) is 107 cm³/mol. The summed E-state index contributed by atoms with van der Waals surface area (Å²) in [5.41, 5.74) is 1.96. The third-order valence-corrected chi connectivity index (χ3v) is 5.75. The normalized spacial score (nSPS) is 11.5. The number of benzene rings is 1. The summed E-state index contributed by atoms with van der Waals surface area (Å²) < 4.78 is 6.80. The Kier molecular flexibility index (Phi) is 4.58. The number of carbonyl (C=O) groups excluding carboxylic acids is 1. The van der Waals surface area contributed by atoms with Crippen LogP contribution in [0.5, 0.6) is 0 Å². The van der Waals surface area contributed by atoms with Gasteiger partial charge in [0, 0.05) is 0 Å². The Labute approximate surface area is 162 Å². The molecule has 8 heteroatoms. The van der Waals surface area contributed by atoms with Gasteiger partial charge >= 0.3 is 0 Å². The first-order valence-electron chi connectivity index (χ1n) is 7.64. The Hall–Kier alpha value is -2.48. The summed E-state index contributed by atoms with van der Waals surface area (Å²) in [6.45, 7) is 2.02. The molecule has 0 radical (unpaired) electrons. The van der Waals surface area contributed by atoms with Gasteiger partial charge in [-0.15, -0.1) is 11.3 Å². The van der Waals surface area contributed by atoms with E-state index in [1.807, 2.05) is 25.1 Å². The predicted octanol–water partition coefficient (Wildman–Crippen LogP) is 5.59. The lowest BCUT2D eigenvalue weighted by atomic mass is 10.2. The third kappa shape index (κ3) is 3.41. The van der Waals surface area contributed by atoms with Crippen molar-refractivity contribution in [1.82, 2.24) is 4.98 Å². The van der Waals surface area contributed by atoms with E-state index in [9.17, 15) is 4.79 Å². The van der Waals surface area contributed by atoms with Crippen molar-refractivity contribution in [2.45, 2.75) is 6.92 Å². The van der Waals surface area contributed by atoms with Gasteiger partial charge in [0.1, 0.15) is 5.76 Å². The summed E-state index contributed by atoms with van der Waals surface area (Å²) in [5.74, 6) is 0.254. The molecule has 4 rings (SSSR count). The van der Waals surface area contributed by atoms with Gasteiger partial charge in [0.15, 0.2) is 0 Å². The molecule has 0 aliphatic heterocycles. The Balaban J connectivity index is 1.76. The molecule has 0 fully saturated rings. The van der Waals surface area contributed by atoms with E-state index in [0.717, 1.165) is 15.8 Å². The summed E-state index contributed by atoms with van der Waals surface area (Å²) in [4.78, 5) is 18.0. The van der Waals surface area contributed by atoms with Crippen LogP contribution in [0.25, 0.3) is 10.2 Å². The molecule has 0 N–H and O–H groups in total. The molecule has 0 aliphatic carbocycles. The second-order valence-corrected chi connectivity index (χ2v) is 8.17. The lowest BCUT2D eigenvalue weighted by Gasteiger charge is -2.12. The molecule has 130 valence electrons. The van der Waals surface area contributed by atoms with Crippen LogP contribution in [-0.4, -0.2) is 17.1 Å². The molecule has 3 aromatic heterocycles. The summed E-state index contributed by atoms with van der Waals surface area (Å²) in [7, 11) is 0. The second-order valence-electron chi connectivity index (χ2n) is 5.45. The number of thiazole rings is 1. The van der Waals surface area contributed by atoms with Crippen LogP contribution in [0.3, 0.4) is 0 Å². The standard InChI is InChI=1S/C18H12ClN3O2S2/c1-11-4-5-13-15(9-11)26-18(21-13)22(20-10-12-3-2-8-24-12)17(23)14-6-7-16(19)25-14/h2-10H,1H3/b20-10-. The van der Waals surface area contributed by atoms with Crippen LogP contribution in [0.4, 0.5) is 5.13 Å². The van der Waals surface area contributed by atoms with E-state index in [2.05, 4.69) is 10.1 Å². The minimum Gasteiger partial charge on any atom is -0.463 e. The highest BCUT2D eigenvalue weighted by Gasteiger charge is 2.22. The fourth-order valence-electron chi connectivity index (χ4n) is 2.31. The van der Waals surface area contributed by atoms with Crippen molar-refractivity contribution in [2.75, 3.05) is 5.01 Å². The molecule has 0 atom stereocenters. The van der Waals surface area contributed by atoms with Crippen molar-refractivity contribution in [3.05, 3.63) is 69.3 Å². The van der Waals surface area contributed by atoms with Crippen LogP contribution in [0.1, 0.15) is 21.0 Å². The van der Waals surface area contributed by atoms with Gasteiger partial charge in [-0.3, -0.25) is 4.79 Å². The zero-order valence-corrected chi connectivity index (χ0v) is 15.9. The van der Waals surface area contributed by atoms with Crippen molar-refractivity contribution in [3.63, 3.8) is 0 Å². The van der Waals surface area contributed by atoms with E-state index in [1.54, 1.807) is 30.5 Å². The van der Waals surface area contributed by atoms with E-state index in [0.29, 0.717) is 20.1 Å². The number of rotatable bonds is 4. The number of thiophene rings is 1. The van der Waals surface area contributed by atoms with Crippen LogP contribution in [-0.2, 0) is 0 Å². The van der Waals surface area contributed by atoms with Crippen LogP contribution < -0.4 is 5.01 Å². The SMILES string of the molecule is Cc1ccc2nc(N(/N=C\c3ccco3)C(=O)c3ccc(Cl)s3)sc2c1. The van der Waals surface area contributed by atoms with Crippen LogP contribution in [0, 0.1) is 6.92 Å². The maximum atomic E-state index is 13.0. The highest BCUT2D eigenvalue weighted by molar-refractivity contribution is 7.22. The van der Waals surface area contributed by atoms with Gasteiger partial charge < -0.3 is 4.42 Å². The first-order valence-corrected chi connectivity index (χ1v) is 9.66. The Morgan fingerprint density at radius 3 is 2.88 bits per heavy atom. The molecule has 5 nitrogen and oxygen atoms in total. The van der Waals surface area contributed by atoms with Crippen molar-refractivity contribution in [2.24, 2.45) is 5.10 Å². The smallest absolute Gasteiger partial charge is 0.290 e. The summed E-state index contributed by atoms with van der Waals surface area (Å²) >= 11 is 8.59. The van der Waals surface area contributed by atoms with Gasteiger partial charge in [-0.2, -0.15) is 10.1 Å². The molecule has 3 heterocycles. The van der Waals surface area contributed by atoms with E-state index < -0.39 is 0 Å². The number of aromatic nitrogens is 1. The van der Waals surface area contributed by atoms with Gasteiger partial charge in [0.05, 0.1) is 31.9 Å². The number of nitrogens with zero attached hydrogens (tertiary/aromatic N) is 3. The summed E-state index contributed by atoms with van der Waals surface area (Å²) in [6, 6.07) is 12.9. The van der Waals surface area contributed by atoms with E-state index in [1.165, 1.54) is 33.9 Å². The minimum atomic E-state index is -0.291. The maximum Gasteiger partial charge on any atom is 0.290 e. The monoisotopic (exact) mass is 401 g/mol. The van der Waals surface area contributed by atoms with Crippen molar-refractivity contribution < 1.29 is 9.21 Å². The number of hydrogen-bond acceptors (Lipinski definition) is 6. The van der Waals surface area contributed by atoms with Crippen LogP contribution in [0.15, 0.2) is 58.2 Å². The fraction of sp³-hybridized carbons (Fsp3) is 0.0556. The van der Waals surface area contributed by atoms with Crippen molar-refractivity contribution >= 4 is 61.7 Å². The number of anilines is 1. The highest BCUT2D eigenvalue weighted by Crippen LogP contribution is 2.32. The first kappa shape index (κ1) is 17.0. The zero-order valence-electron chi connectivity index (χ0n) is 13.5. The molecule has 0 aliphatic rings. The van der Waals surface area contributed by atoms with Gasteiger partial charge in [-0.25, -0.2) is 4.98 Å². The van der Waals surface area contributed by atoms with Crippen molar-refractivity contribution in [3.8, 4) is 0 Å². The highest BCUT2D eigenvalue weighted by atomic mass is 35.5. The molecular weight excluding hydrogens is 390 g/mol. The molecular formula is C18H12ClN3O2S2. The molecule has 0 spiro atoms. The Morgan fingerprint density at radius 2 is 2.15 bits per heavy atom. The van der Waals surface area contributed by atoms with Gasteiger partial charge in [0.2, 0.25) is 5.13 Å². The molecule has 0 unspecified atom stereocenters. The maximum absolute atomic E-state index is 13.0. The van der Waals surface area contributed by atoms with Gasteiger partial charge in [-0.1, -0.05) is 29.0 Å². The number of hydrogen-bond donors (Lipinski definition) is 0. The number of hydrazone groups is 1. The Bertz CT molecular complexity index is 1100. The van der Waals surface area contributed by atoms with Crippen molar-refractivity contribution in [1.29, 1.82) is 0 Å². The number of fused-ring (bicyclic) bond motifs is 1. The zero-order chi connectivity index (χ0) is 18.1. The van der Waals surface area contributed by atoms with Crippen LogP contribution >= 0.6 is 34.3 Å². The molecule has 0 bridgehead atoms. The average molecular weight is 402 g/mol. The molecule has 0 saturated carbocycles. The Morgan fingerprint density at radius 1 is 1.27 bits per heavy atom. The largest absolute Gasteiger partial charge is 0.463 e. The topological polar surface area (TPSA) is 58.7 Å². The molecule has 1 aromatic carbocycles. The second kappa shape index (κ2) is 7.03. The lowest BCUT2D eigenvalue weighted by Crippen LogP contribution is -2.24. The van der Waals surface area contributed by atoms with E-state index in [-0.39, 0.29) is 5.91 Å². The van der Waals surface area contributed by atoms with E-state index >= 15 is 0 Å². The molecule has 0 saturated heterocycles. The molecule has 26 heavy (non-hydrogen) atoms. The quantitative estimate of drug-likeness (QED) is 0.330. The number of aryl methyl sites for hydroxylation is 1. The van der Waals surface area contributed by atoms with Crippen LogP contribution in [0.2, 0.25) is 4.34 Å². The number of halogens is 1. The molecule has 1 amide bonds.